The molecular formula is C14H13BrN2O3. The monoisotopic (exact) mass is 336 g/mol. The van der Waals surface area contributed by atoms with Crippen LogP contribution >= 0.6 is 15.9 Å². The lowest BCUT2D eigenvalue weighted by Crippen LogP contribution is -2.12. The molecular weight excluding hydrogens is 324 g/mol. The number of methoxy groups -OCH3 is 1. The van der Waals surface area contributed by atoms with Gasteiger partial charge < -0.3 is 20.9 Å². The largest absolute Gasteiger partial charge is 0.506 e. The topological polar surface area (TPSA) is 84.6 Å². The van der Waals surface area contributed by atoms with E-state index in [1.54, 1.807) is 31.4 Å². The summed E-state index contributed by atoms with van der Waals surface area (Å²) in [4.78, 5) is 12.1. The van der Waals surface area contributed by atoms with Crippen LogP contribution in [-0.2, 0) is 0 Å². The molecule has 0 atom stereocenters. The van der Waals surface area contributed by atoms with Crippen LogP contribution < -0.4 is 15.8 Å². The van der Waals surface area contributed by atoms with Crippen molar-refractivity contribution in [1.29, 1.82) is 0 Å². The smallest absolute Gasteiger partial charge is 0.255 e. The Morgan fingerprint density at radius 2 is 2.05 bits per heavy atom. The number of carbonyl (C=O) groups excluding carboxylic acids is 1. The van der Waals surface area contributed by atoms with Crippen molar-refractivity contribution in [1.82, 2.24) is 0 Å². The summed E-state index contributed by atoms with van der Waals surface area (Å²) < 4.78 is 5.83. The molecule has 20 heavy (non-hydrogen) atoms. The predicted octanol–water partition coefficient (Wildman–Crippen LogP) is 3.00. The first-order valence-corrected chi connectivity index (χ1v) is 6.54. The van der Waals surface area contributed by atoms with Gasteiger partial charge in [0.1, 0.15) is 11.5 Å². The first-order chi connectivity index (χ1) is 9.51. The van der Waals surface area contributed by atoms with E-state index in [0.29, 0.717) is 17.0 Å². The van der Waals surface area contributed by atoms with Gasteiger partial charge in [0.2, 0.25) is 0 Å². The number of nitrogens with one attached hydrogen (secondary N) is 1. The van der Waals surface area contributed by atoms with E-state index in [2.05, 4.69) is 21.2 Å². The lowest BCUT2D eigenvalue weighted by Gasteiger charge is -2.10. The molecule has 0 aliphatic carbocycles. The Morgan fingerprint density at radius 1 is 1.30 bits per heavy atom. The van der Waals surface area contributed by atoms with Gasteiger partial charge in [-0.15, -0.1) is 0 Å². The van der Waals surface area contributed by atoms with Crippen molar-refractivity contribution in [2.24, 2.45) is 0 Å². The lowest BCUT2D eigenvalue weighted by atomic mass is 10.1. The fourth-order valence-corrected chi connectivity index (χ4v) is 1.95. The van der Waals surface area contributed by atoms with Gasteiger partial charge in [0.15, 0.2) is 0 Å². The lowest BCUT2D eigenvalue weighted by molar-refractivity contribution is 0.102. The molecule has 104 valence electrons. The number of hydrogen-bond acceptors (Lipinski definition) is 4. The van der Waals surface area contributed by atoms with Gasteiger partial charge in [-0.2, -0.15) is 0 Å². The zero-order valence-corrected chi connectivity index (χ0v) is 12.3. The van der Waals surface area contributed by atoms with E-state index in [1.165, 1.54) is 12.1 Å². The Balaban J connectivity index is 2.25. The second kappa shape index (κ2) is 5.83. The number of benzene rings is 2. The standard InChI is InChI=1S/C14H13BrN2O3/c1-20-9-3-4-10(15)12(7-9)17-14(19)8-2-5-11(16)13(18)6-8/h2-7,18H,16H2,1H3,(H,17,19). The van der Waals surface area contributed by atoms with Crippen LogP contribution in [0.15, 0.2) is 40.9 Å². The molecule has 2 rings (SSSR count). The first-order valence-electron chi connectivity index (χ1n) is 5.74. The number of carbonyl (C=O) groups is 1. The average molecular weight is 337 g/mol. The molecule has 2 aromatic rings. The Hall–Kier alpha value is -2.21. The van der Waals surface area contributed by atoms with E-state index < -0.39 is 0 Å². The van der Waals surface area contributed by atoms with Crippen LogP contribution in [0, 0.1) is 0 Å². The van der Waals surface area contributed by atoms with Gasteiger partial charge in [-0.1, -0.05) is 0 Å². The van der Waals surface area contributed by atoms with Gasteiger partial charge in [-0.3, -0.25) is 4.79 Å². The number of rotatable bonds is 3. The highest BCUT2D eigenvalue weighted by Crippen LogP contribution is 2.28. The summed E-state index contributed by atoms with van der Waals surface area (Å²) >= 11 is 3.35. The minimum atomic E-state index is -0.353. The maximum absolute atomic E-state index is 12.1. The Bertz CT molecular complexity index is 659. The third kappa shape index (κ3) is 3.03. The molecule has 0 bridgehead atoms. The van der Waals surface area contributed by atoms with Gasteiger partial charge in [-0.05, 0) is 46.3 Å². The van der Waals surface area contributed by atoms with Crippen LogP contribution in [0.5, 0.6) is 11.5 Å². The predicted molar refractivity (Wildman–Crippen MR) is 81.2 cm³/mol. The van der Waals surface area contributed by atoms with Gasteiger partial charge >= 0.3 is 0 Å². The third-order valence-corrected chi connectivity index (χ3v) is 3.41. The third-order valence-electron chi connectivity index (χ3n) is 2.71. The maximum Gasteiger partial charge on any atom is 0.255 e. The number of amides is 1. The number of nitrogen functional groups attached to an aromatic ring is 1. The molecule has 2 aromatic carbocycles. The summed E-state index contributed by atoms with van der Waals surface area (Å²) in [5.41, 5.74) is 6.61. The second-order valence-electron chi connectivity index (χ2n) is 4.07. The first kappa shape index (κ1) is 14.2. The molecule has 0 saturated carbocycles. The van der Waals surface area contributed by atoms with Crippen molar-refractivity contribution in [2.75, 3.05) is 18.2 Å². The number of phenolic OH excluding ortho intramolecular Hbond substituents is 1. The van der Waals surface area contributed by atoms with E-state index in [0.717, 1.165) is 4.47 Å². The summed E-state index contributed by atoms with van der Waals surface area (Å²) in [6.45, 7) is 0. The summed E-state index contributed by atoms with van der Waals surface area (Å²) in [6, 6.07) is 9.57. The van der Waals surface area contributed by atoms with E-state index in [-0.39, 0.29) is 17.3 Å². The number of anilines is 2. The van der Waals surface area contributed by atoms with Crippen LogP contribution in [-0.4, -0.2) is 18.1 Å². The fraction of sp³-hybridized carbons (Fsp3) is 0.0714. The van der Waals surface area contributed by atoms with Crippen molar-refractivity contribution >= 4 is 33.2 Å². The number of phenols is 1. The zero-order chi connectivity index (χ0) is 14.7. The minimum absolute atomic E-state index is 0.123. The van der Waals surface area contributed by atoms with Crippen molar-refractivity contribution in [2.45, 2.75) is 0 Å². The van der Waals surface area contributed by atoms with Crippen LogP contribution in [0.2, 0.25) is 0 Å². The quantitative estimate of drug-likeness (QED) is 0.594. The molecule has 0 aliphatic rings. The molecule has 0 heterocycles. The molecule has 0 saturated heterocycles. The molecule has 0 radical (unpaired) electrons. The molecule has 0 aromatic heterocycles. The number of ether oxygens (including phenoxy) is 1. The molecule has 0 spiro atoms. The number of hydrogen-bond donors (Lipinski definition) is 3. The highest BCUT2D eigenvalue weighted by Gasteiger charge is 2.11. The van der Waals surface area contributed by atoms with Crippen LogP contribution in [0.4, 0.5) is 11.4 Å². The molecule has 0 fully saturated rings. The SMILES string of the molecule is COc1ccc(Br)c(NC(=O)c2ccc(N)c(O)c2)c1. The van der Waals surface area contributed by atoms with Crippen molar-refractivity contribution < 1.29 is 14.6 Å². The van der Waals surface area contributed by atoms with Gasteiger partial charge in [0, 0.05) is 16.1 Å². The summed E-state index contributed by atoms with van der Waals surface area (Å²) in [5, 5.41) is 12.2. The normalized spacial score (nSPS) is 10.1. The number of nitrogens with two attached hydrogens (primary N) is 1. The second-order valence-corrected chi connectivity index (χ2v) is 4.93. The molecule has 1 amide bonds. The Labute approximate surface area is 124 Å². The molecule has 6 heteroatoms. The average Bonchev–Trinajstić information content (AvgIpc) is 2.44. The molecule has 5 nitrogen and oxygen atoms in total. The maximum atomic E-state index is 12.1. The van der Waals surface area contributed by atoms with E-state index in [1.807, 2.05) is 0 Å². The Morgan fingerprint density at radius 3 is 2.70 bits per heavy atom. The van der Waals surface area contributed by atoms with Gasteiger partial charge in [0.25, 0.3) is 5.91 Å². The summed E-state index contributed by atoms with van der Waals surface area (Å²) in [5.74, 6) is 0.153. The van der Waals surface area contributed by atoms with E-state index in [9.17, 15) is 9.90 Å². The van der Waals surface area contributed by atoms with Gasteiger partial charge in [0.05, 0.1) is 18.5 Å². The van der Waals surface area contributed by atoms with Crippen molar-refractivity contribution in [3.8, 4) is 11.5 Å². The van der Waals surface area contributed by atoms with Crippen LogP contribution in [0.3, 0.4) is 0 Å². The molecule has 4 N–H and O–H groups in total. The number of halogens is 1. The summed E-state index contributed by atoms with van der Waals surface area (Å²) in [7, 11) is 1.55. The Kier molecular flexibility index (Phi) is 4.14. The summed E-state index contributed by atoms with van der Waals surface area (Å²) in [6.07, 6.45) is 0. The van der Waals surface area contributed by atoms with E-state index >= 15 is 0 Å². The number of aromatic hydroxyl groups is 1. The molecule has 0 aliphatic heterocycles. The highest BCUT2D eigenvalue weighted by molar-refractivity contribution is 9.10. The fourth-order valence-electron chi connectivity index (χ4n) is 1.61. The highest BCUT2D eigenvalue weighted by atomic mass is 79.9. The zero-order valence-electron chi connectivity index (χ0n) is 10.7. The van der Waals surface area contributed by atoms with Crippen molar-refractivity contribution in [3.05, 3.63) is 46.4 Å². The van der Waals surface area contributed by atoms with Crippen molar-refractivity contribution in [3.63, 3.8) is 0 Å². The van der Waals surface area contributed by atoms with Crippen LogP contribution in [0.1, 0.15) is 10.4 Å². The molecule has 0 unspecified atom stereocenters. The van der Waals surface area contributed by atoms with E-state index in [4.69, 9.17) is 10.5 Å². The van der Waals surface area contributed by atoms with Crippen LogP contribution in [0.25, 0.3) is 0 Å². The minimum Gasteiger partial charge on any atom is -0.506 e. The van der Waals surface area contributed by atoms with Gasteiger partial charge in [-0.25, -0.2) is 0 Å².